The monoisotopic (exact) mass is 513 g/mol. The second-order valence-electron chi connectivity index (χ2n) is 9.52. The van der Waals surface area contributed by atoms with Gasteiger partial charge in [-0.05, 0) is 57.9 Å². The lowest BCUT2D eigenvalue weighted by Crippen LogP contribution is -2.39. The van der Waals surface area contributed by atoms with Crippen molar-refractivity contribution in [3.63, 3.8) is 0 Å². The predicted octanol–water partition coefficient (Wildman–Crippen LogP) is 4.05. The SMILES string of the molecule is Cc1nnc(CC(=O)N[C@H]2CC[C@H](CCN3CCc4nc(OCC(C)(F)F)sc4CC3)CC2)s1. The van der Waals surface area contributed by atoms with Crippen molar-refractivity contribution in [2.75, 3.05) is 26.2 Å². The second-order valence-corrected chi connectivity index (χ2v) is 11.8. The van der Waals surface area contributed by atoms with Crippen molar-refractivity contribution < 1.29 is 18.3 Å². The summed E-state index contributed by atoms with van der Waals surface area (Å²) < 4.78 is 31.2. The zero-order chi connectivity index (χ0) is 24.1. The van der Waals surface area contributed by atoms with Gasteiger partial charge in [0.05, 0.1) is 12.1 Å². The number of halogens is 2. The summed E-state index contributed by atoms with van der Waals surface area (Å²) in [6, 6.07) is 0.266. The number of nitrogens with zero attached hydrogens (tertiary/aromatic N) is 4. The molecule has 2 aliphatic rings. The largest absolute Gasteiger partial charge is 0.464 e. The molecule has 0 radical (unpaired) electrons. The number of aromatic nitrogens is 3. The highest BCUT2D eigenvalue weighted by atomic mass is 32.1. The number of nitrogens with one attached hydrogen (secondary N) is 1. The molecule has 11 heteroatoms. The maximum absolute atomic E-state index is 13.0. The number of thiazole rings is 1. The number of fused-ring (bicyclic) bond motifs is 1. The Kier molecular flexibility index (Phi) is 8.47. The number of amides is 1. The molecule has 2 aromatic rings. The van der Waals surface area contributed by atoms with Gasteiger partial charge in [-0.3, -0.25) is 4.79 Å². The third kappa shape index (κ3) is 7.64. The molecule has 1 amide bonds. The van der Waals surface area contributed by atoms with E-state index in [9.17, 15) is 13.6 Å². The van der Waals surface area contributed by atoms with Crippen molar-refractivity contribution in [3.05, 3.63) is 20.6 Å². The van der Waals surface area contributed by atoms with Crippen molar-refractivity contribution in [3.8, 4) is 5.19 Å². The minimum absolute atomic E-state index is 0.0437. The highest BCUT2D eigenvalue weighted by Crippen LogP contribution is 2.30. The van der Waals surface area contributed by atoms with Gasteiger partial charge in [0.2, 0.25) is 5.91 Å². The van der Waals surface area contributed by atoms with Crippen LogP contribution in [0.5, 0.6) is 5.19 Å². The summed E-state index contributed by atoms with van der Waals surface area (Å²) in [6.07, 6.45) is 7.59. The molecular weight excluding hydrogens is 480 g/mol. The van der Waals surface area contributed by atoms with E-state index in [0.29, 0.717) is 17.5 Å². The fraction of sp³-hybridized carbons (Fsp3) is 0.739. The van der Waals surface area contributed by atoms with Crippen LogP contribution in [-0.4, -0.2) is 64.2 Å². The lowest BCUT2D eigenvalue weighted by Gasteiger charge is -2.30. The van der Waals surface area contributed by atoms with Crippen molar-refractivity contribution in [1.29, 1.82) is 0 Å². The van der Waals surface area contributed by atoms with E-state index in [4.69, 9.17) is 4.74 Å². The van der Waals surface area contributed by atoms with Crippen LogP contribution in [0.15, 0.2) is 0 Å². The van der Waals surface area contributed by atoms with E-state index >= 15 is 0 Å². The van der Waals surface area contributed by atoms with Crippen LogP contribution in [0.4, 0.5) is 8.78 Å². The number of aryl methyl sites for hydroxylation is 1. The Balaban J connectivity index is 1.13. The maximum Gasteiger partial charge on any atom is 0.278 e. The number of carbonyl (C=O) groups excluding carboxylic acids is 1. The average Bonchev–Trinajstić information content (AvgIpc) is 3.32. The molecule has 0 saturated heterocycles. The first-order valence-electron chi connectivity index (χ1n) is 12.0. The minimum atomic E-state index is -2.84. The van der Waals surface area contributed by atoms with Crippen LogP contribution in [0, 0.1) is 12.8 Å². The molecule has 34 heavy (non-hydrogen) atoms. The molecule has 0 atom stereocenters. The summed E-state index contributed by atoms with van der Waals surface area (Å²) in [5, 5.41) is 13.2. The van der Waals surface area contributed by atoms with Gasteiger partial charge in [0.15, 0.2) is 6.61 Å². The fourth-order valence-corrected chi connectivity index (χ4v) is 6.30. The van der Waals surface area contributed by atoms with Crippen molar-refractivity contribution >= 4 is 28.6 Å². The van der Waals surface area contributed by atoms with Gasteiger partial charge in [-0.1, -0.05) is 11.3 Å². The Bertz CT molecular complexity index is 928. The summed E-state index contributed by atoms with van der Waals surface area (Å²) >= 11 is 2.89. The Morgan fingerprint density at radius 2 is 1.94 bits per heavy atom. The molecule has 7 nitrogen and oxygen atoms in total. The third-order valence-electron chi connectivity index (χ3n) is 6.47. The summed E-state index contributed by atoms with van der Waals surface area (Å²) in [6.45, 7) is 5.10. The molecule has 1 saturated carbocycles. The molecule has 1 N–H and O–H groups in total. The van der Waals surface area contributed by atoms with Gasteiger partial charge < -0.3 is 15.0 Å². The Morgan fingerprint density at radius 1 is 1.18 bits per heavy atom. The van der Waals surface area contributed by atoms with E-state index in [-0.39, 0.29) is 11.9 Å². The minimum Gasteiger partial charge on any atom is -0.464 e. The smallest absolute Gasteiger partial charge is 0.278 e. The summed E-state index contributed by atoms with van der Waals surface area (Å²) in [5.74, 6) is -2.10. The summed E-state index contributed by atoms with van der Waals surface area (Å²) in [7, 11) is 0. The first kappa shape index (κ1) is 25.4. The van der Waals surface area contributed by atoms with Crippen molar-refractivity contribution in [2.45, 2.75) is 77.2 Å². The lowest BCUT2D eigenvalue weighted by molar-refractivity contribution is -0.121. The number of hydrogen-bond donors (Lipinski definition) is 1. The normalized spacial score (nSPS) is 21.6. The molecule has 0 aromatic carbocycles. The van der Waals surface area contributed by atoms with Crippen LogP contribution in [0.25, 0.3) is 0 Å². The van der Waals surface area contributed by atoms with Crippen LogP contribution in [0.2, 0.25) is 0 Å². The van der Waals surface area contributed by atoms with E-state index < -0.39 is 12.5 Å². The van der Waals surface area contributed by atoms with Crippen molar-refractivity contribution in [1.82, 2.24) is 25.4 Å². The maximum atomic E-state index is 13.0. The molecule has 0 spiro atoms. The zero-order valence-electron chi connectivity index (χ0n) is 19.8. The first-order valence-corrected chi connectivity index (χ1v) is 13.7. The number of carbonyl (C=O) groups is 1. The van der Waals surface area contributed by atoms with E-state index in [1.807, 2.05) is 6.92 Å². The van der Waals surface area contributed by atoms with E-state index in [1.54, 1.807) is 0 Å². The van der Waals surface area contributed by atoms with Gasteiger partial charge >= 0.3 is 0 Å². The van der Waals surface area contributed by atoms with Gasteiger partial charge in [0.1, 0.15) is 10.0 Å². The number of alkyl halides is 2. The highest BCUT2D eigenvalue weighted by molar-refractivity contribution is 7.13. The fourth-order valence-electron chi connectivity index (χ4n) is 4.65. The molecule has 1 aliphatic carbocycles. The summed E-state index contributed by atoms with van der Waals surface area (Å²) in [5.41, 5.74) is 1.00. The molecule has 0 bridgehead atoms. The Hall–Kier alpha value is -1.72. The molecule has 1 aliphatic heterocycles. The van der Waals surface area contributed by atoms with Gasteiger partial charge in [-0.25, -0.2) is 13.8 Å². The number of hydrogen-bond acceptors (Lipinski definition) is 8. The van der Waals surface area contributed by atoms with Crippen LogP contribution in [-0.2, 0) is 24.1 Å². The van der Waals surface area contributed by atoms with Gasteiger partial charge in [0, 0.05) is 37.4 Å². The molecular formula is C23H33F2N5O2S2. The average molecular weight is 514 g/mol. The van der Waals surface area contributed by atoms with Gasteiger partial charge in [-0.15, -0.1) is 21.5 Å². The van der Waals surface area contributed by atoms with Crippen LogP contribution >= 0.6 is 22.7 Å². The summed E-state index contributed by atoms with van der Waals surface area (Å²) in [4.78, 5) is 20.4. The first-order chi connectivity index (χ1) is 16.2. The molecule has 3 heterocycles. The molecule has 4 rings (SSSR count). The molecule has 1 fully saturated rings. The van der Waals surface area contributed by atoms with Crippen LogP contribution in [0.1, 0.15) is 59.6 Å². The topological polar surface area (TPSA) is 80.2 Å². The van der Waals surface area contributed by atoms with E-state index in [0.717, 1.165) is 85.7 Å². The lowest BCUT2D eigenvalue weighted by atomic mass is 9.84. The van der Waals surface area contributed by atoms with E-state index in [2.05, 4.69) is 25.4 Å². The molecule has 0 unspecified atom stereocenters. The molecule has 2 aromatic heterocycles. The molecule has 188 valence electrons. The second kappa shape index (κ2) is 11.3. The third-order valence-corrected chi connectivity index (χ3v) is 8.38. The zero-order valence-corrected chi connectivity index (χ0v) is 21.5. The van der Waals surface area contributed by atoms with Crippen LogP contribution in [0.3, 0.4) is 0 Å². The number of ether oxygens (including phenoxy) is 1. The van der Waals surface area contributed by atoms with Gasteiger partial charge in [0.25, 0.3) is 11.1 Å². The number of rotatable bonds is 9. The predicted molar refractivity (Wildman–Crippen MR) is 129 cm³/mol. The van der Waals surface area contributed by atoms with E-state index in [1.165, 1.54) is 29.1 Å². The standard InChI is InChI=1S/C23H33F2N5O2S2/c1-15-28-29-21(33-15)13-20(31)26-17-5-3-16(4-6-17)7-10-30-11-8-18-19(9-12-30)34-22(27-18)32-14-23(2,24)25/h16-17H,3-14H2,1-2H3,(H,26,31)/t16-,17-. The van der Waals surface area contributed by atoms with Crippen LogP contribution < -0.4 is 10.1 Å². The quantitative estimate of drug-likeness (QED) is 0.545. The highest BCUT2D eigenvalue weighted by Gasteiger charge is 2.26. The van der Waals surface area contributed by atoms with Crippen molar-refractivity contribution in [2.24, 2.45) is 5.92 Å². The Morgan fingerprint density at radius 3 is 2.65 bits per heavy atom. The van der Waals surface area contributed by atoms with Gasteiger partial charge in [-0.2, -0.15) is 0 Å². The Labute approximate surface area is 207 Å².